The van der Waals surface area contributed by atoms with Gasteiger partial charge in [0.25, 0.3) is 0 Å². The second-order valence-electron chi connectivity index (χ2n) is 8.07. The lowest BCUT2D eigenvalue weighted by atomic mass is 9.97. The number of carbonyl (C=O) groups excluding carboxylic acids is 5. The van der Waals surface area contributed by atoms with E-state index in [4.69, 9.17) is 28.4 Å². The van der Waals surface area contributed by atoms with Crippen LogP contribution in [0.2, 0.25) is 0 Å². The average molecular weight is 525 g/mol. The monoisotopic (exact) mass is 524 g/mol. The second kappa shape index (κ2) is 14.8. The zero-order chi connectivity index (χ0) is 27.4. The molecule has 2 rings (SSSR count). The van der Waals surface area contributed by atoms with Gasteiger partial charge < -0.3 is 39.1 Å². The van der Waals surface area contributed by atoms with Crippen molar-refractivity contribution in [1.82, 2.24) is 10.6 Å². The molecule has 13 nitrogen and oxygen atoms in total. The Bertz CT molecular complexity index is 940. The summed E-state index contributed by atoms with van der Waals surface area (Å²) in [5.74, 6) is -2.94. The van der Waals surface area contributed by atoms with E-state index >= 15 is 0 Å². The summed E-state index contributed by atoms with van der Waals surface area (Å²) in [5.41, 5.74) is 0.846. The van der Waals surface area contributed by atoms with Gasteiger partial charge in [0.15, 0.2) is 12.2 Å². The predicted molar refractivity (Wildman–Crippen MR) is 125 cm³/mol. The number of nitrogens with one attached hydrogen (secondary N) is 2. The molecule has 2 N–H and O–H groups in total. The molecule has 1 amide bonds. The van der Waals surface area contributed by atoms with Crippen molar-refractivity contribution in [3.8, 4) is 0 Å². The van der Waals surface area contributed by atoms with Crippen molar-refractivity contribution in [2.24, 2.45) is 0 Å². The van der Waals surface area contributed by atoms with E-state index in [0.29, 0.717) is 0 Å². The molecule has 37 heavy (non-hydrogen) atoms. The fourth-order valence-corrected chi connectivity index (χ4v) is 3.55. The first-order chi connectivity index (χ1) is 17.6. The summed E-state index contributed by atoms with van der Waals surface area (Å²) in [6.45, 7) is 5.12. The zero-order valence-corrected chi connectivity index (χ0v) is 21.1. The highest BCUT2D eigenvalue weighted by molar-refractivity contribution is 5.69. The molecule has 0 radical (unpaired) electrons. The maximum absolute atomic E-state index is 11.9. The minimum Gasteiger partial charge on any atom is -0.456 e. The van der Waals surface area contributed by atoms with Gasteiger partial charge in [-0.25, -0.2) is 4.79 Å². The lowest BCUT2D eigenvalue weighted by Gasteiger charge is -2.43. The van der Waals surface area contributed by atoms with Crippen LogP contribution in [0.5, 0.6) is 0 Å². The molecular formula is C24H32N2O11. The van der Waals surface area contributed by atoms with Crippen LogP contribution in [0.4, 0.5) is 4.79 Å². The summed E-state index contributed by atoms with van der Waals surface area (Å²) in [6, 6.07) is 9.19. The van der Waals surface area contributed by atoms with Crippen molar-refractivity contribution in [1.29, 1.82) is 0 Å². The van der Waals surface area contributed by atoms with Gasteiger partial charge in [-0.2, -0.15) is 0 Å². The quantitative estimate of drug-likeness (QED) is 0.235. The van der Waals surface area contributed by atoms with Crippen LogP contribution < -0.4 is 10.6 Å². The number of alkyl carbamates (subject to hydrolysis) is 1. The van der Waals surface area contributed by atoms with Crippen LogP contribution in [0.1, 0.15) is 33.3 Å². The van der Waals surface area contributed by atoms with Crippen LogP contribution in [0, 0.1) is 0 Å². The SMILES string of the molecule is CC(=O)OC1[C@H](OC(C)=O)OC(CNCCNC(=O)OCc2ccccc2)[C@@H](OC(C)=O)[C@@H]1OC(C)=O. The Balaban J connectivity index is 2.00. The Morgan fingerprint density at radius 2 is 1.32 bits per heavy atom. The lowest BCUT2D eigenvalue weighted by Crippen LogP contribution is -2.64. The minimum absolute atomic E-state index is 0.0288. The summed E-state index contributed by atoms with van der Waals surface area (Å²) in [6.07, 6.45) is -6.92. The first-order valence-corrected chi connectivity index (χ1v) is 11.6. The fourth-order valence-electron chi connectivity index (χ4n) is 3.55. The molecular weight excluding hydrogens is 492 g/mol. The molecule has 0 saturated carbocycles. The number of rotatable bonds is 11. The van der Waals surface area contributed by atoms with Crippen LogP contribution in [-0.4, -0.2) is 80.3 Å². The van der Waals surface area contributed by atoms with E-state index in [2.05, 4.69) is 10.6 Å². The highest BCUT2D eigenvalue weighted by atomic mass is 16.7. The highest BCUT2D eigenvalue weighted by Crippen LogP contribution is 2.29. The van der Waals surface area contributed by atoms with Crippen LogP contribution in [-0.2, 0) is 54.2 Å². The molecule has 2 unspecified atom stereocenters. The highest BCUT2D eigenvalue weighted by Gasteiger charge is 2.53. The number of ether oxygens (including phenoxy) is 6. The molecule has 0 spiro atoms. The Morgan fingerprint density at radius 3 is 1.92 bits per heavy atom. The summed E-state index contributed by atoms with van der Waals surface area (Å²) < 4.78 is 31.9. The van der Waals surface area contributed by atoms with E-state index in [9.17, 15) is 24.0 Å². The van der Waals surface area contributed by atoms with Gasteiger partial charge in [0.05, 0.1) is 0 Å². The smallest absolute Gasteiger partial charge is 0.407 e. The van der Waals surface area contributed by atoms with Gasteiger partial charge in [-0.1, -0.05) is 30.3 Å². The Morgan fingerprint density at radius 1 is 0.757 bits per heavy atom. The van der Waals surface area contributed by atoms with Gasteiger partial charge in [0, 0.05) is 47.3 Å². The topological polar surface area (TPSA) is 165 Å². The third-order valence-corrected chi connectivity index (χ3v) is 4.91. The molecule has 204 valence electrons. The van der Waals surface area contributed by atoms with Crippen molar-refractivity contribution >= 4 is 30.0 Å². The number of benzene rings is 1. The number of amides is 1. The van der Waals surface area contributed by atoms with E-state index < -0.39 is 60.7 Å². The van der Waals surface area contributed by atoms with Gasteiger partial charge >= 0.3 is 30.0 Å². The fraction of sp³-hybridized carbons (Fsp3) is 0.542. The number of carbonyl (C=O) groups is 5. The molecule has 1 aromatic carbocycles. The van der Waals surface area contributed by atoms with Crippen LogP contribution >= 0.6 is 0 Å². The van der Waals surface area contributed by atoms with E-state index in [1.165, 1.54) is 0 Å². The molecule has 1 heterocycles. The average Bonchev–Trinajstić information content (AvgIpc) is 2.81. The molecule has 1 aromatic rings. The third-order valence-electron chi connectivity index (χ3n) is 4.91. The third kappa shape index (κ3) is 10.4. The van der Waals surface area contributed by atoms with E-state index in [0.717, 1.165) is 33.3 Å². The van der Waals surface area contributed by atoms with Gasteiger partial charge in [-0.3, -0.25) is 19.2 Å². The largest absolute Gasteiger partial charge is 0.456 e. The maximum Gasteiger partial charge on any atom is 0.407 e. The van der Waals surface area contributed by atoms with Crippen LogP contribution in [0.25, 0.3) is 0 Å². The molecule has 1 fully saturated rings. The Hall–Kier alpha value is -3.71. The molecule has 1 aliphatic rings. The summed E-state index contributed by atoms with van der Waals surface area (Å²) in [7, 11) is 0. The van der Waals surface area contributed by atoms with Crippen LogP contribution in [0.15, 0.2) is 30.3 Å². The minimum atomic E-state index is -1.43. The first kappa shape index (κ1) is 29.5. The standard InChI is InChI=1S/C24H32N2O11/c1-14(27)33-20-19(12-25-10-11-26-24(31)32-13-18-8-6-5-7-9-18)37-23(36-17(4)30)22(35-16(3)29)21(20)34-15(2)28/h5-9,19-23,25H,10-13H2,1-4H3,(H,26,31)/t19?,20-,21+,22?,23-/m1/s1. The normalized spacial score (nSPS) is 22.8. The van der Waals surface area contributed by atoms with Crippen molar-refractivity contribution < 1.29 is 52.4 Å². The first-order valence-electron chi connectivity index (χ1n) is 11.6. The lowest BCUT2D eigenvalue weighted by molar-refractivity contribution is -0.294. The van der Waals surface area contributed by atoms with Crippen molar-refractivity contribution in [3.63, 3.8) is 0 Å². The van der Waals surface area contributed by atoms with Crippen molar-refractivity contribution in [2.45, 2.75) is 65.0 Å². The molecule has 0 aliphatic carbocycles. The summed E-state index contributed by atoms with van der Waals surface area (Å²) in [4.78, 5) is 58.8. The van der Waals surface area contributed by atoms with E-state index in [1.54, 1.807) is 0 Å². The molecule has 0 aromatic heterocycles. The molecule has 1 saturated heterocycles. The number of esters is 4. The summed E-state index contributed by atoms with van der Waals surface area (Å²) in [5, 5.41) is 5.60. The van der Waals surface area contributed by atoms with E-state index in [1.807, 2.05) is 30.3 Å². The zero-order valence-electron chi connectivity index (χ0n) is 21.1. The van der Waals surface area contributed by atoms with Gasteiger partial charge in [0.1, 0.15) is 12.7 Å². The second-order valence-corrected chi connectivity index (χ2v) is 8.07. The van der Waals surface area contributed by atoms with Gasteiger partial charge in [0.2, 0.25) is 12.4 Å². The Labute approximate surface area is 214 Å². The number of hydrogen-bond donors (Lipinski definition) is 2. The predicted octanol–water partition coefficient (Wildman–Crippen LogP) is 0.586. The van der Waals surface area contributed by atoms with Crippen molar-refractivity contribution in [2.75, 3.05) is 19.6 Å². The number of hydrogen-bond acceptors (Lipinski definition) is 12. The van der Waals surface area contributed by atoms with Crippen LogP contribution in [0.3, 0.4) is 0 Å². The Kier molecular flexibility index (Phi) is 11.8. The van der Waals surface area contributed by atoms with Gasteiger partial charge in [-0.05, 0) is 5.56 Å². The molecule has 5 atom stereocenters. The molecule has 13 heteroatoms. The van der Waals surface area contributed by atoms with Gasteiger partial charge in [-0.15, -0.1) is 0 Å². The van der Waals surface area contributed by atoms with Crippen molar-refractivity contribution in [3.05, 3.63) is 35.9 Å². The van der Waals surface area contributed by atoms with E-state index in [-0.39, 0.29) is 26.2 Å². The summed E-state index contributed by atoms with van der Waals surface area (Å²) >= 11 is 0. The maximum atomic E-state index is 11.9. The molecule has 0 bridgehead atoms. The molecule has 1 aliphatic heterocycles.